The highest BCUT2D eigenvalue weighted by Crippen LogP contribution is 2.31. The molecule has 1 saturated heterocycles. The highest BCUT2D eigenvalue weighted by Gasteiger charge is 2.34. The Kier molecular flexibility index (Phi) is 4.90. The second-order valence-corrected chi connectivity index (χ2v) is 8.44. The van der Waals surface area contributed by atoms with Gasteiger partial charge in [-0.05, 0) is 18.6 Å². The van der Waals surface area contributed by atoms with E-state index in [1.54, 1.807) is 6.07 Å². The molecule has 1 atom stereocenters. The molecule has 0 bridgehead atoms. The number of sulfone groups is 1. The normalized spacial score (nSPS) is 19.8. The van der Waals surface area contributed by atoms with Crippen LogP contribution < -0.4 is 5.56 Å². The number of aryl methyl sites for hydroxylation is 1. The quantitative estimate of drug-likeness (QED) is 0.774. The molecule has 1 aliphatic rings. The van der Waals surface area contributed by atoms with Gasteiger partial charge in [0, 0.05) is 31.8 Å². The van der Waals surface area contributed by atoms with Crippen LogP contribution in [-0.2, 0) is 16.9 Å². The van der Waals surface area contributed by atoms with Crippen molar-refractivity contribution in [2.24, 2.45) is 7.05 Å². The molecule has 0 N–H and O–H groups in total. The summed E-state index contributed by atoms with van der Waals surface area (Å²) >= 11 is 0. The van der Waals surface area contributed by atoms with E-state index in [0.717, 1.165) is 4.68 Å². The van der Waals surface area contributed by atoms with Crippen LogP contribution in [0, 0.1) is 5.82 Å². The molecular formula is C17H18FN3O4S. The zero-order chi connectivity index (χ0) is 18.9. The fourth-order valence-corrected chi connectivity index (χ4v) is 4.81. The summed E-state index contributed by atoms with van der Waals surface area (Å²) in [6.45, 7) is 0.151. The first-order valence-corrected chi connectivity index (χ1v) is 9.81. The molecule has 26 heavy (non-hydrogen) atoms. The van der Waals surface area contributed by atoms with E-state index in [4.69, 9.17) is 0 Å². The van der Waals surface area contributed by atoms with Crippen LogP contribution in [0.5, 0.6) is 0 Å². The third-order valence-electron chi connectivity index (χ3n) is 4.46. The molecule has 1 aromatic heterocycles. The fraction of sp³-hybridized carbons (Fsp3) is 0.353. The topological polar surface area (TPSA) is 89.3 Å². The summed E-state index contributed by atoms with van der Waals surface area (Å²) in [5.74, 6) is -1.28. The first-order valence-electron chi connectivity index (χ1n) is 8.09. The summed E-state index contributed by atoms with van der Waals surface area (Å²) in [7, 11) is -2.18. The minimum atomic E-state index is -3.61. The highest BCUT2D eigenvalue weighted by atomic mass is 32.2. The van der Waals surface area contributed by atoms with E-state index in [1.807, 2.05) is 0 Å². The van der Waals surface area contributed by atoms with Gasteiger partial charge in [-0.2, -0.15) is 5.10 Å². The number of amides is 1. The first-order chi connectivity index (χ1) is 12.3. The number of benzene rings is 1. The van der Waals surface area contributed by atoms with Crippen molar-refractivity contribution in [3.63, 3.8) is 0 Å². The van der Waals surface area contributed by atoms with E-state index in [9.17, 15) is 22.4 Å². The maximum atomic E-state index is 14.1. The van der Waals surface area contributed by atoms with Crippen LogP contribution in [0.4, 0.5) is 4.39 Å². The van der Waals surface area contributed by atoms with Crippen LogP contribution in [0.2, 0.25) is 0 Å². The Morgan fingerprint density at radius 3 is 2.62 bits per heavy atom. The lowest BCUT2D eigenvalue weighted by atomic mass is 10.1. The fourth-order valence-electron chi connectivity index (χ4n) is 3.01. The summed E-state index contributed by atoms with van der Waals surface area (Å²) in [5, 5.41) is 2.92. The summed E-state index contributed by atoms with van der Waals surface area (Å²) < 4.78 is 40.3. The highest BCUT2D eigenvalue weighted by molar-refractivity contribution is 7.91. The number of aromatic nitrogens is 2. The van der Waals surface area contributed by atoms with Crippen molar-refractivity contribution in [3.05, 3.63) is 63.8 Å². The Labute approximate surface area is 150 Å². The van der Waals surface area contributed by atoms with E-state index in [1.165, 1.54) is 42.3 Å². The molecule has 0 aliphatic carbocycles. The van der Waals surface area contributed by atoms with Crippen molar-refractivity contribution >= 4 is 15.7 Å². The van der Waals surface area contributed by atoms with Gasteiger partial charge in [-0.1, -0.05) is 18.2 Å². The lowest BCUT2D eigenvalue weighted by Gasteiger charge is -2.19. The molecule has 7 nitrogen and oxygen atoms in total. The Morgan fingerprint density at radius 1 is 1.19 bits per heavy atom. The summed E-state index contributed by atoms with van der Waals surface area (Å²) in [6, 6.07) is 8.34. The standard InChI is InChI=1S/C17H18FN3O4S/c1-20-16(22)7-6-14(19-20)17(23)21-9-8-15(26(24,25)11-10-21)12-4-2-3-5-13(12)18/h2-7,15H,8-11H2,1H3/t15-/m1/s1. The molecule has 1 fully saturated rings. The SMILES string of the molecule is Cn1nc(C(=O)N2CC[C@H](c3ccccc3F)S(=O)(=O)CC2)ccc1=O. The maximum Gasteiger partial charge on any atom is 0.274 e. The average Bonchev–Trinajstić information content (AvgIpc) is 2.75. The van der Waals surface area contributed by atoms with Crippen LogP contribution in [0.3, 0.4) is 0 Å². The number of hydrogen-bond acceptors (Lipinski definition) is 5. The van der Waals surface area contributed by atoms with Gasteiger partial charge in [-0.3, -0.25) is 9.59 Å². The molecular weight excluding hydrogens is 361 g/mol. The molecule has 3 rings (SSSR count). The van der Waals surface area contributed by atoms with E-state index in [0.29, 0.717) is 0 Å². The van der Waals surface area contributed by atoms with Gasteiger partial charge >= 0.3 is 0 Å². The lowest BCUT2D eigenvalue weighted by Crippen LogP contribution is -2.35. The number of hydrogen-bond donors (Lipinski definition) is 0. The number of carbonyl (C=O) groups excluding carboxylic acids is 1. The second kappa shape index (κ2) is 6.99. The molecule has 0 unspecified atom stereocenters. The van der Waals surface area contributed by atoms with Gasteiger partial charge in [0.1, 0.15) is 11.5 Å². The third kappa shape index (κ3) is 3.52. The van der Waals surface area contributed by atoms with Gasteiger partial charge in [0.15, 0.2) is 9.84 Å². The van der Waals surface area contributed by atoms with Crippen LogP contribution in [0.1, 0.15) is 27.7 Å². The van der Waals surface area contributed by atoms with Gasteiger partial charge in [0.05, 0.1) is 11.0 Å². The predicted molar refractivity (Wildman–Crippen MR) is 92.9 cm³/mol. The molecule has 1 amide bonds. The van der Waals surface area contributed by atoms with E-state index >= 15 is 0 Å². The second-order valence-electron chi connectivity index (χ2n) is 6.14. The first kappa shape index (κ1) is 18.2. The molecule has 2 heterocycles. The number of rotatable bonds is 2. The molecule has 2 aromatic rings. The Morgan fingerprint density at radius 2 is 1.92 bits per heavy atom. The van der Waals surface area contributed by atoms with Gasteiger partial charge in [-0.15, -0.1) is 0 Å². The largest absolute Gasteiger partial charge is 0.336 e. The van der Waals surface area contributed by atoms with Gasteiger partial charge in [-0.25, -0.2) is 17.5 Å². The van der Waals surface area contributed by atoms with Crippen molar-refractivity contribution in [2.45, 2.75) is 11.7 Å². The molecule has 0 spiro atoms. The number of halogens is 1. The Hall–Kier alpha value is -2.55. The van der Waals surface area contributed by atoms with Crippen molar-refractivity contribution in [3.8, 4) is 0 Å². The van der Waals surface area contributed by atoms with Crippen LogP contribution in [0.25, 0.3) is 0 Å². The monoisotopic (exact) mass is 379 g/mol. The van der Waals surface area contributed by atoms with E-state index in [-0.39, 0.29) is 42.1 Å². The third-order valence-corrected chi connectivity index (χ3v) is 6.57. The summed E-state index contributed by atoms with van der Waals surface area (Å²) in [5.41, 5.74) is -0.157. The molecule has 0 saturated carbocycles. The predicted octanol–water partition coefficient (Wildman–Crippen LogP) is 0.921. The zero-order valence-electron chi connectivity index (χ0n) is 14.1. The minimum absolute atomic E-state index is 0.00333. The molecule has 1 aromatic carbocycles. The smallest absolute Gasteiger partial charge is 0.274 e. The number of nitrogens with zero attached hydrogens (tertiary/aromatic N) is 3. The van der Waals surface area contributed by atoms with Crippen molar-refractivity contribution in [1.29, 1.82) is 0 Å². The van der Waals surface area contributed by atoms with Gasteiger partial charge in [0.2, 0.25) is 0 Å². The van der Waals surface area contributed by atoms with E-state index in [2.05, 4.69) is 5.10 Å². The Balaban J connectivity index is 1.86. The molecule has 0 radical (unpaired) electrons. The summed E-state index contributed by atoms with van der Waals surface area (Å²) in [4.78, 5) is 25.4. The van der Waals surface area contributed by atoms with Crippen LogP contribution in [0.15, 0.2) is 41.2 Å². The number of carbonyl (C=O) groups is 1. The van der Waals surface area contributed by atoms with Gasteiger partial charge in [0.25, 0.3) is 11.5 Å². The molecule has 9 heteroatoms. The lowest BCUT2D eigenvalue weighted by molar-refractivity contribution is 0.0758. The van der Waals surface area contributed by atoms with Crippen molar-refractivity contribution < 1.29 is 17.6 Å². The van der Waals surface area contributed by atoms with Crippen molar-refractivity contribution in [2.75, 3.05) is 18.8 Å². The minimum Gasteiger partial charge on any atom is -0.336 e. The average molecular weight is 379 g/mol. The van der Waals surface area contributed by atoms with E-state index < -0.39 is 26.8 Å². The summed E-state index contributed by atoms with van der Waals surface area (Å²) in [6.07, 6.45) is 0.0980. The van der Waals surface area contributed by atoms with Crippen LogP contribution >= 0.6 is 0 Å². The molecule has 138 valence electrons. The van der Waals surface area contributed by atoms with Crippen LogP contribution in [-0.4, -0.2) is 47.8 Å². The zero-order valence-corrected chi connectivity index (χ0v) is 14.9. The maximum absolute atomic E-state index is 14.1. The molecule has 1 aliphatic heterocycles. The van der Waals surface area contributed by atoms with Gasteiger partial charge < -0.3 is 4.90 Å². The van der Waals surface area contributed by atoms with Crippen molar-refractivity contribution in [1.82, 2.24) is 14.7 Å². The Bertz CT molecular complexity index is 1000.